The molecule has 0 unspecified atom stereocenters. The third kappa shape index (κ3) is 3.19. The van der Waals surface area contributed by atoms with Crippen LogP contribution in [0.4, 0.5) is 0 Å². The van der Waals surface area contributed by atoms with Crippen LogP contribution in [-0.2, 0) is 10.1 Å². The highest BCUT2D eigenvalue weighted by molar-refractivity contribution is 7.87. The third-order valence-corrected chi connectivity index (χ3v) is 6.23. The number of carbonyl (C=O) groups is 1. The zero-order valence-electron chi connectivity index (χ0n) is 14.2. The minimum Gasteiger partial charge on any atom is -0.378 e. The zero-order chi connectivity index (χ0) is 18.2. The van der Waals surface area contributed by atoms with Gasteiger partial charge in [0.1, 0.15) is 4.90 Å². The quantitative estimate of drug-likeness (QED) is 0.592. The van der Waals surface area contributed by atoms with Crippen LogP contribution in [0, 0.1) is 34.6 Å². The van der Waals surface area contributed by atoms with E-state index in [1.165, 1.54) is 18.2 Å². The summed E-state index contributed by atoms with van der Waals surface area (Å²) >= 11 is 5.83. The van der Waals surface area contributed by atoms with Crippen molar-refractivity contribution in [3.8, 4) is 5.75 Å². The van der Waals surface area contributed by atoms with Crippen molar-refractivity contribution in [3.05, 3.63) is 56.6 Å². The van der Waals surface area contributed by atoms with Crippen molar-refractivity contribution >= 4 is 28.0 Å². The maximum absolute atomic E-state index is 12.8. The maximum Gasteiger partial charge on any atom is 0.339 e. The molecule has 0 bridgehead atoms. The molecule has 0 fully saturated rings. The standard InChI is InChI=1S/C18H19ClO4S/c1-10-11(2)13(4)18(14(5)12(10)3)24(21,22)23-17-7-6-16(19)8-15(17)9-20/h6-9H,1-5H3. The lowest BCUT2D eigenvalue weighted by Crippen LogP contribution is -2.16. The van der Waals surface area contributed by atoms with E-state index in [1.807, 2.05) is 20.8 Å². The van der Waals surface area contributed by atoms with Crippen molar-refractivity contribution in [3.63, 3.8) is 0 Å². The minimum absolute atomic E-state index is 0.0379. The molecule has 6 heteroatoms. The van der Waals surface area contributed by atoms with E-state index in [1.54, 1.807) is 13.8 Å². The van der Waals surface area contributed by atoms with E-state index in [-0.39, 0.29) is 16.2 Å². The Morgan fingerprint density at radius 1 is 0.917 bits per heavy atom. The van der Waals surface area contributed by atoms with Crippen molar-refractivity contribution < 1.29 is 17.4 Å². The van der Waals surface area contributed by atoms with Gasteiger partial charge in [-0.1, -0.05) is 11.6 Å². The molecule has 0 N–H and O–H groups in total. The van der Waals surface area contributed by atoms with Crippen molar-refractivity contribution in [1.82, 2.24) is 0 Å². The highest BCUT2D eigenvalue weighted by atomic mass is 35.5. The number of benzene rings is 2. The first-order valence-corrected chi connectivity index (χ1v) is 9.15. The molecular weight excluding hydrogens is 348 g/mol. The Kier molecular flexibility index (Phi) is 5.06. The number of aldehydes is 1. The van der Waals surface area contributed by atoms with E-state index >= 15 is 0 Å². The zero-order valence-corrected chi connectivity index (χ0v) is 15.8. The third-order valence-electron chi connectivity index (χ3n) is 4.48. The van der Waals surface area contributed by atoms with Gasteiger partial charge in [0.25, 0.3) is 0 Å². The lowest BCUT2D eigenvalue weighted by atomic mass is 9.95. The summed E-state index contributed by atoms with van der Waals surface area (Å²) in [5, 5.41) is 0.330. The summed E-state index contributed by atoms with van der Waals surface area (Å²) in [5.74, 6) is -0.0379. The molecule has 0 aromatic heterocycles. The van der Waals surface area contributed by atoms with Crippen LogP contribution in [-0.4, -0.2) is 14.7 Å². The van der Waals surface area contributed by atoms with Crippen LogP contribution >= 0.6 is 11.6 Å². The van der Waals surface area contributed by atoms with Crippen molar-refractivity contribution in [2.24, 2.45) is 0 Å². The van der Waals surface area contributed by atoms with Crippen molar-refractivity contribution in [2.45, 2.75) is 39.5 Å². The summed E-state index contributed by atoms with van der Waals surface area (Å²) in [6.07, 6.45) is 0.516. The fraction of sp³-hybridized carbons (Fsp3) is 0.278. The van der Waals surface area contributed by atoms with E-state index in [0.29, 0.717) is 22.4 Å². The molecule has 128 valence electrons. The summed E-state index contributed by atoms with van der Waals surface area (Å²) in [5.41, 5.74) is 4.26. The summed E-state index contributed by atoms with van der Waals surface area (Å²) < 4.78 is 30.9. The van der Waals surface area contributed by atoms with Gasteiger partial charge in [-0.15, -0.1) is 0 Å². The molecule has 0 heterocycles. The van der Waals surface area contributed by atoms with E-state index < -0.39 is 10.1 Å². The molecule has 0 saturated carbocycles. The molecule has 2 aromatic rings. The molecular formula is C18H19ClO4S. The molecule has 24 heavy (non-hydrogen) atoms. The summed E-state index contributed by atoms with van der Waals surface area (Å²) in [7, 11) is -4.08. The molecule has 0 radical (unpaired) electrons. The second-order valence-electron chi connectivity index (χ2n) is 5.79. The fourth-order valence-electron chi connectivity index (χ4n) is 2.69. The number of carbonyl (C=O) groups excluding carboxylic acids is 1. The first-order valence-electron chi connectivity index (χ1n) is 7.36. The van der Waals surface area contributed by atoms with Crippen molar-refractivity contribution in [1.29, 1.82) is 0 Å². The van der Waals surface area contributed by atoms with Crippen molar-refractivity contribution in [2.75, 3.05) is 0 Å². The first-order chi connectivity index (χ1) is 11.1. The summed E-state index contributed by atoms with van der Waals surface area (Å²) in [4.78, 5) is 11.3. The molecule has 0 amide bonds. The Hall–Kier alpha value is -1.85. The molecule has 0 atom stereocenters. The minimum atomic E-state index is -4.08. The Labute approximate surface area is 147 Å². The van der Waals surface area contributed by atoms with E-state index in [4.69, 9.17) is 15.8 Å². The van der Waals surface area contributed by atoms with Crippen LogP contribution in [0.3, 0.4) is 0 Å². The predicted molar refractivity (Wildman–Crippen MR) is 94.8 cm³/mol. The van der Waals surface area contributed by atoms with E-state index in [9.17, 15) is 13.2 Å². The largest absolute Gasteiger partial charge is 0.378 e. The maximum atomic E-state index is 12.8. The summed E-state index contributed by atoms with van der Waals surface area (Å²) in [6, 6.07) is 4.22. The smallest absolute Gasteiger partial charge is 0.339 e. The van der Waals surface area contributed by atoms with Gasteiger partial charge in [0.15, 0.2) is 12.0 Å². The lowest BCUT2D eigenvalue weighted by Gasteiger charge is -2.19. The van der Waals surface area contributed by atoms with Crippen LogP contribution in [0.1, 0.15) is 38.2 Å². The topological polar surface area (TPSA) is 60.4 Å². The predicted octanol–water partition coefficient (Wildman–Crippen LogP) is 4.46. The second kappa shape index (κ2) is 6.57. The molecule has 0 saturated heterocycles. The normalized spacial score (nSPS) is 11.4. The van der Waals surface area contributed by atoms with Crippen LogP contribution in [0.25, 0.3) is 0 Å². The number of hydrogen-bond donors (Lipinski definition) is 0. The molecule has 0 spiro atoms. The lowest BCUT2D eigenvalue weighted by molar-refractivity contribution is 0.112. The van der Waals surface area contributed by atoms with Gasteiger partial charge in [0.2, 0.25) is 0 Å². The summed E-state index contributed by atoms with van der Waals surface area (Å²) in [6.45, 7) is 9.25. The highest BCUT2D eigenvalue weighted by Gasteiger charge is 2.26. The molecule has 2 rings (SSSR count). The Morgan fingerprint density at radius 2 is 1.42 bits per heavy atom. The van der Waals surface area contributed by atoms with Crippen LogP contribution in [0.15, 0.2) is 23.1 Å². The first kappa shape index (κ1) is 18.5. The molecule has 0 aliphatic carbocycles. The van der Waals surface area contributed by atoms with Gasteiger partial charge < -0.3 is 4.18 Å². The van der Waals surface area contributed by atoms with Crippen LogP contribution < -0.4 is 4.18 Å². The average Bonchev–Trinajstić information content (AvgIpc) is 2.52. The fourth-order valence-corrected chi connectivity index (χ4v) is 4.40. The second-order valence-corrected chi connectivity index (χ2v) is 7.71. The SMILES string of the molecule is Cc1c(C)c(C)c(S(=O)(=O)Oc2ccc(Cl)cc2C=O)c(C)c1C. The van der Waals surface area contributed by atoms with Gasteiger partial charge in [0, 0.05) is 5.02 Å². The Morgan fingerprint density at radius 3 is 1.92 bits per heavy atom. The van der Waals surface area contributed by atoms with Crippen LogP contribution in [0.2, 0.25) is 5.02 Å². The van der Waals surface area contributed by atoms with Gasteiger partial charge >= 0.3 is 10.1 Å². The Balaban J connectivity index is 2.64. The molecule has 2 aromatic carbocycles. The van der Waals surface area contributed by atoms with Gasteiger partial charge in [-0.2, -0.15) is 8.42 Å². The van der Waals surface area contributed by atoms with Crippen LogP contribution in [0.5, 0.6) is 5.75 Å². The Bertz CT molecular complexity index is 902. The number of hydrogen-bond acceptors (Lipinski definition) is 4. The monoisotopic (exact) mass is 366 g/mol. The van der Waals surface area contributed by atoms with Gasteiger partial charge in [-0.3, -0.25) is 4.79 Å². The van der Waals surface area contributed by atoms with Gasteiger partial charge in [-0.05, 0) is 80.6 Å². The number of halogens is 1. The molecule has 0 aliphatic rings. The number of rotatable bonds is 4. The molecule has 0 aliphatic heterocycles. The van der Waals surface area contributed by atoms with E-state index in [0.717, 1.165) is 16.7 Å². The van der Waals surface area contributed by atoms with E-state index in [2.05, 4.69) is 0 Å². The van der Waals surface area contributed by atoms with Gasteiger partial charge in [-0.25, -0.2) is 0 Å². The highest BCUT2D eigenvalue weighted by Crippen LogP contribution is 2.32. The molecule has 4 nitrogen and oxygen atoms in total. The van der Waals surface area contributed by atoms with Gasteiger partial charge in [0.05, 0.1) is 5.56 Å². The average molecular weight is 367 g/mol.